The molecular weight excluding hydrogens is 371 g/mol. The second-order valence-corrected chi connectivity index (χ2v) is 6.92. The Morgan fingerprint density at radius 1 is 1.11 bits per heavy atom. The van der Waals surface area contributed by atoms with Crippen molar-refractivity contribution in [3.8, 4) is 0 Å². The third-order valence-corrected chi connectivity index (χ3v) is 4.92. The number of nitrogens with one attached hydrogen (secondary N) is 2. The standard InChI is InChI=1S/C20H18F3N3O2/c21-20(22,23)11-24-13-4-2-5-14(9-13)26-16-8-7-12-3-1-6-15(12)19(16)25-17(27)10-18(26)28/h2,4-5,7-9,24H,1,3,6,10-11H2,(H,25,27). The Labute approximate surface area is 159 Å². The number of fused-ring (bicyclic) bond motifs is 3. The summed E-state index contributed by atoms with van der Waals surface area (Å²) in [5.41, 5.74) is 4.00. The highest BCUT2D eigenvalue weighted by molar-refractivity contribution is 6.17. The highest BCUT2D eigenvalue weighted by Crippen LogP contribution is 2.42. The maximum Gasteiger partial charge on any atom is 0.405 e. The van der Waals surface area contributed by atoms with Gasteiger partial charge in [0.1, 0.15) is 13.0 Å². The van der Waals surface area contributed by atoms with E-state index < -0.39 is 18.6 Å². The molecule has 1 heterocycles. The third kappa shape index (κ3) is 3.54. The summed E-state index contributed by atoms with van der Waals surface area (Å²) in [6.45, 7) is -1.17. The van der Waals surface area contributed by atoms with Crippen LogP contribution in [0.3, 0.4) is 0 Å². The SMILES string of the molecule is O=C1CC(=O)N(c2cccc(NCC(F)(F)F)c2)c2ccc3c(c2N1)CCC3. The number of nitrogens with zero attached hydrogens (tertiary/aromatic N) is 1. The van der Waals surface area contributed by atoms with Crippen molar-refractivity contribution in [3.63, 3.8) is 0 Å². The van der Waals surface area contributed by atoms with Crippen molar-refractivity contribution in [2.75, 3.05) is 22.1 Å². The van der Waals surface area contributed by atoms with Crippen molar-refractivity contribution in [3.05, 3.63) is 47.5 Å². The van der Waals surface area contributed by atoms with Gasteiger partial charge in [-0.15, -0.1) is 0 Å². The molecule has 0 bridgehead atoms. The molecule has 2 aromatic carbocycles. The van der Waals surface area contributed by atoms with Crippen molar-refractivity contribution >= 4 is 34.6 Å². The number of halogens is 3. The Hall–Kier alpha value is -3.03. The van der Waals surface area contributed by atoms with Crippen LogP contribution in [0.25, 0.3) is 0 Å². The molecule has 0 fully saturated rings. The molecule has 0 spiro atoms. The fourth-order valence-electron chi connectivity index (χ4n) is 3.75. The van der Waals surface area contributed by atoms with Crippen molar-refractivity contribution in [2.45, 2.75) is 31.9 Å². The number of aryl methyl sites for hydroxylation is 1. The number of rotatable bonds is 3. The zero-order valence-corrected chi connectivity index (χ0v) is 14.9. The zero-order chi connectivity index (χ0) is 19.9. The van der Waals surface area contributed by atoms with Gasteiger partial charge in [0, 0.05) is 5.69 Å². The van der Waals surface area contributed by atoms with Crippen LogP contribution >= 0.6 is 0 Å². The van der Waals surface area contributed by atoms with Gasteiger partial charge in [-0.25, -0.2) is 0 Å². The summed E-state index contributed by atoms with van der Waals surface area (Å²) in [6, 6.07) is 9.95. The minimum absolute atomic E-state index is 0.244. The first-order valence-electron chi connectivity index (χ1n) is 9.00. The second-order valence-electron chi connectivity index (χ2n) is 6.92. The Balaban J connectivity index is 1.75. The number of hydrogen-bond acceptors (Lipinski definition) is 3. The van der Waals surface area contributed by atoms with Crippen LogP contribution in [-0.2, 0) is 22.4 Å². The average molecular weight is 389 g/mol. The first-order valence-corrected chi connectivity index (χ1v) is 9.00. The molecule has 2 amide bonds. The smallest absolute Gasteiger partial charge is 0.376 e. The molecule has 1 aliphatic heterocycles. The van der Waals surface area contributed by atoms with Crippen LogP contribution in [-0.4, -0.2) is 24.5 Å². The highest BCUT2D eigenvalue weighted by Gasteiger charge is 2.31. The first-order chi connectivity index (χ1) is 13.3. The van der Waals surface area contributed by atoms with Crippen LogP contribution in [0.2, 0.25) is 0 Å². The van der Waals surface area contributed by atoms with E-state index in [0.717, 1.165) is 30.4 Å². The van der Waals surface area contributed by atoms with E-state index in [1.807, 2.05) is 6.07 Å². The lowest BCUT2D eigenvalue weighted by Crippen LogP contribution is -2.26. The summed E-state index contributed by atoms with van der Waals surface area (Å²) >= 11 is 0. The van der Waals surface area contributed by atoms with Crippen LogP contribution in [0.5, 0.6) is 0 Å². The molecular formula is C20H18F3N3O2. The summed E-state index contributed by atoms with van der Waals surface area (Å²) in [4.78, 5) is 26.4. The van der Waals surface area contributed by atoms with Gasteiger partial charge in [-0.05, 0) is 54.7 Å². The Morgan fingerprint density at radius 2 is 1.93 bits per heavy atom. The number of anilines is 4. The van der Waals surface area contributed by atoms with Crippen molar-refractivity contribution in [2.24, 2.45) is 0 Å². The molecule has 0 aromatic heterocycles. The van der Waals surface area contributed by atoms with Gasteiger partial charge in [0.05, 0.1) is 17.1 Å². The van der Waals surface area contributed by atoms with Crippen LogP contribution in [0.4, 0.5) is 35.9 Å². The summed E-state index contributed by atoms with van der Waals surface area (Å²) in [5, 5.41) is 5.17. The lowest BCUT2D eigenvalue weighted by atomic mass is 10.1. The number of amides is 2. The van der Waals surface area contributed by atoms with Crippen LogP contribution < -0.4 is 15.5 Å². The molecule has 0 atom stereocenters. The van der Waals surface area contributed by atoms with Crippen LogP contribution in [0, 0.1) is 0 Å². The maximum atomic E-state index is 12.8. The third-order valence-electron chi connectivity index (χ3n) is 4.92. The van der Waals surface area contributed by atoms with Crippen molar-refractivity contribution in [1.82, 2.24) is 0 Å². The minimum Gasteiger partial charge on any atom is -0.376 e. The molecule has 1 aliphatic carbocycles. The predicted octanol–water partition coefficient (Wildman–Crippen LogP) is 4.16. The summed E-state index contributed by atoms with van der Waals surface area (Å²) in [6.07, 6.45) is -1.97. The normalized spacial score (nSPS) is 16.3. The minimum atomic E-state index is -4.35. The molecule has 2 N–H and O–H groups in total. The summed E-state index contributed by atoms with van der Waals surface area (Å²) in [7, 11) is 0. The molecule has 2 aliphatic rings. The quantitative estimate of drug-likeness (QED) is 0.775. The largest absolute Gasteiger partial charge is 0.405 e. The maximum absolute atomic E-state index is 12.8. The predicted molar refractivity (Wildman–Crippen MR) is 99.8 cm³/mol. The van der Waals surface area contributed by atoms with Crippen LogP contribution in [0.15, 0.2) is 36.4 Å². The monoisotopic (exact) mass is 389 g/mol. The van der Waals surface area contributed by atoms with E-state index in [1.165, 1.54) is 17.0 Å². The van der Waals surface area contributed by atoms with E-state index in [1.54, 1.807) is 18.2 Å². The second kappa shape index (κ2) is 6.85. The van der Waals surface area contributed by atoms with E-state index in [4.69, 9.17) is 0 Å². The van der Waals surface area contributed by atoms with Crippen LogP contribution in [0.1, 0.15) is 24.0 Å². The summed E-state index contributed by atoms with van der Waals surface area (Å²) < 4.78 is 37.5. The fraction of sp³-hybridized carbons (Fsp3) is 0.300. The molecule has 2 aromatic rings. The molecule has 28 heavy (non-hydrogen) atoms. The highest BCUT2D eigenvalue weighted by atomic mass is 19.4. The lowest BCUT2D eigenvalue weighted by molar-refractivity contribution is -0.124. The molecule has 0 saturated carbocycles. The fourth-order valence-corrected chi connectivity index (χ4v) is 3.75. The molecule has 0 unspecified atom stereocenters. The Kier molecular flexibility index (Phi) is 4.49. The van der Waals surface area contributed by atoms with E-state index >= 15 is 0 Å². The number of carbonyl (C=O) groups excluding carboxylic acids is 2. The molecule has 0 radical (unpaired) electrons. The van der Waals surface area contributed by atoms with Gasteiger partial charge >= 0.3 is 6.18 Å². The molecule has 8 heteroatoms. The van der Waals surface area contributed by atoms with Gasteiger partial charge in [0.15, 0.2) is 0 Å². The topological polar surface area (TPSA) is 61.4 Å². The van der Waals surface area contributed by atoms with Crippen molar-refractivity contribution in [1.29, 1.82) is 0 Å². The van der Waals surface area contributed by atoms with E-state index in [-0.39, 0.29) is 18.0 Å². The van der Waals surface area contributed by atoms with Gasteiger partial charge in [0.25, 0.3) is 0 Å². The van der Waals surface area contributed by atoms with Crippen molar-refractivity contribution < 1.29 is 22.8 Å². The van der Waals surface area contributed by atoms with E-state index in [2.05, 4.69) is 10.6 Å². The van der Waals surface area contributed by atoms with Gasteiger partial charge in [-0.3, -0.25) is 14.5 Å². The number of alkyl halides is 3. The van der Waals surface area contributed by atoms with Gasteiger partial charge in [0.2, 0.25) is 11.8 Å². The molecule has 146 valence electrons. The van der Waals surface area contributed by atoms with Gasteiger partial charge in [-0.1, -0.05) is 12.1 Å². The Bertz CT molecular complexity index is 956. The lowest BCUT2D eigenvalue weighted by Gasteiger charge is -2.24. The molecule has 4 rings (SSSR count). The first kappa shape index (κ1) is 18.3. The van der Waals surface area contributed by atoms with E-state index in [9.17, 15) is 22.8 Å². The Morgan fingerprint density at radius 3 is 2.71 bits per heavy atom. The number of carbonyl (C=O) groups is 2. The molecule has 5 nitrogen and oxygen atoms in total. The van der Waals surface area contributed by atoms with E-state index in [0.29, 0.717) is 17.1 Å². The molecule has 0 saturated heterocycles. The number of hydrogen-bond donors (Lipinski definition) is 2. The average Bonchev–Trinajstić information content (AvgIpc) is 3.06. The number of benzene rings is 2. The van der Waals surface area contributed by atoms with Gasteiger partial charge < -0.3 is 10.6 Å². The summed E-state index contributed by atoms with van der Waals surface area (Å²) in [5.74, 6) is -0.817. The van der Waals surface area contributed by atoms with Gasteiger partial charge in [-0.2, -0.15) is 13.2 Å². The zero-order valence-electron chi connectivity index (χ0n) is 14.9.